The molecule has 0 aliphatic carbocycles. The first-order chi connectivity index (χ1) is 63.2. The normalized spacial score (nSPS) is 11.7. The summed E-state index contributed by atoms with van der Waals surface area (Å²) in [4.78, 5) is 11.4. The fourth-order valence-corrected chi connectivity index (χ4v) is 9.00. The van der Waals surface area contributed by atoms with Crippen molar-refractivity contribution in [1.29, 1.82) is 0 Å². The van der Waals surface area contributed by atoms with Crippen LogP contribution in [-0.4, -0.2) is 540 Å². The molecule has 0 aromatic carbocycles. The van der Waals surface area contributed by atoms with Crippen molar-refractivity contribution in [3.63, 3.8) is 0 Å². The minimum absolute atomic E-state index is 0.0145. The third-order valence-corrected chi connectivity index (χ3v) is 15.3. The van der Waals surface area contributed by atoms with E-state index in [9.17, 15) is 4.79 Å². The highest BCUT2D eigenvalue weighted by molar-refractivity contribution is 5.82. The van der Waals surface area contributed by atoms with E-state index in [-0.39, 0.29) is 19.2 Å². The lowest BCUT2D eigenvalue weighted by Crippen LogP contribution is -2.16. The van der Waals surface area contributed by atoms with Crippen molar-refractivity contribution >= 4 is 5.97 Å². The topological polar surface area (TPSA) is 407 Å². The molecule has 127 heavy (non-hydrogen) atoms. The first kappa shape index (κ1) is 125. The lowest BCUT2D eigenvalue weighted by Gasteiger charge is -2.09. The number of rotatable bonds is 120. The van der Waals surface area contributed by atoms with E-state index >= 15 is 0 Å². The van der Waals surface area contributed by atoms with E-state index in [4.69, 9.17) is 195 Å². The summed E-state index contributed by atoms with van der Waals surface area (Å²) in [6.07, 6.45) is 1.44. The van der Waals surface area contributed by atoms with E-state index in [0.29, 0.717) is 515 Å². The highest BCUT2D eigenvalue weighted by Crippen LogP contribution is 1.97. The third-order valence-electron chi connectivity index (χ3n) is 15.3. The van der Waals surface area contributed by atoms with Crippen molar-refractivity contribution in [3.05, 3.63) is 11.6 Å². The van der Waals surface area contributed by atoms with Crippen molar-refractivity contribution < 1.29 is 199 Å². The van der Waals surface area contributed by atoms with Gasteiger partial charge in [0.1, 0.15) is 6.61 Å². The quantitative estimate of drug-likeness (QED) is 0.0507. The molecule has 42 nitrogen and oxygen atoms in total. The van der Waals surface area contributed by atoms with Gasteiger partial charge in [0.25, 0.3) is 0 Å². The van der Waals surface area contributed by atoms with Gasteiger partial charge in [-0.2, -0.15) is 0 Å². The average Bonchev–Trinajstić information content (AvgIpc) is 1.02. The fraction of sp³-hybridized carbons (Fsp3) is 0.965. The van der Waals surface area contributed by atoms with Gasteiger partial charge >= 0.3 is 5.97 Å². The minimum Gasteiger partial charge on any atom is -0.460 e. The van der Waals surface area contributed by atoms with Gasteiger partial charge in [-0.1, -0.05) is 5.57 Å². The van der Waals surface area contributed by atoms with E-state index in [1.165, 1.54) is 6.08 Å². The molecule has 0 rings (SSSR count). The SMILES string of the molecule is CC(C)=CC(=O)OCCOCCOCCOCCOCCOCCOCCOCCOCCOCCOCCOCCOCCOCCOCCOCCOCCOCCOCCOCCOCCOCCOCCOCCOCCOCCOCCOCCOCCOCCOCCOCCOCCOCCOCCOCCOCCOCCOCCOCCO. The summed E-state index contributed by atoms with van der Waals surface area (Å²) >= 11 is 0. The predicted molar refractivity (Wildman–Crippen MR) is 459 cm³/mol. The molecule has 1 N–H and O–H groups in total. The zero-order valence-corrected chi connectivity index (χ0v) is 77.3. The molecule has 0 spiro atoms. The fourth-order valence-electron chi connectivity index (χ4n) is 9.00. The Bertz CT molecular complexity index is 1900. The molecule has 0 saturated carbocycles. The Kier molecular flexibility index (Phi) is 117. The van der Waals surface area contributed by atoms with Crippen LogP contribution in [0, 0.1) is 0 Å². The number of hydrogen-bond acceptors (Lipinski definition) is 42. The van der Waals surface area contributed by atoms with Gasteiger partial charge < -0.3 is 195 Å². The predicted octanol–water partition coefficient (Wildman–Crippen LogP) is 1.14. The summed E-state index contributed by atoms with van der Waals surface area (Å²) in [5.41, 5.74) is 0.891. The molecule has 0 radical (unpaired) electrons. The molecule has 0 unspecified atom stereocenters. The largest absolute Gasteiger partial charge is 0.460 e. The van der Waals surface area contributed by atoms with Crippen LogP contribution < -0.4 is 0 Å². The Morgan fingerprint density at radius 2 is 0.205 bits per heavy atom. The van der Waals surface area contributed by atoms with E-state index in [0.717, 1.165) is 5.57 Å². The molecule has 760 valence electrons. The molecule has 0 saturated heterocycles. The Morgan fingerprint density at radius 1 is 0.134 bits per heavy atom. The van der Waals surface area contributed by atoms with Gasteiger partial charge in [0, 0.05) is 6.08 Å². The highest BCUT2D eigenvalue weighted by Gasteiger charge is 2.06. The van der Waals surface area contributed by atoms with E-state index < -0.39 is 0 Å². The van der Waals surface area contributed by atoms with Crippen molar-refractivity contribution in [2.24, 2.45) is 0 Å². The number of carbonyl (C=O) groups excluding carboxylic acids is 1. The van der Waals surface area contributed by atoms with Crippen LogP contribution in [0.25, 0.3) is 0 Å². The Labute approximate surface area is 756 Å². The van der Waals surface area contributed by atoms with Gasteiger partial charge in [0.2, 0.25) is 0 Å². The zero-order chi connectivity index (χ0) is 90.7. The Balaban J connectivity index is 3.11. The van der Waals surface area contributed by atoms with Gasteiger partial charge in [0.05, 0.1) is 522 Å². The van der Waals surface area contributed by atoms with Gasteiger partial charge in [-0.25, -0.2) is 4.79 Å². The summed E-state index contributed by atoms with van der Waals surface area (Å²) in [5.74, 6) is -0.361. The second-order valence-corrected chi connectivity index (χ2v) is 26.0. The molecular weight excluding hydrogens is 1690 g/mol. The number of aliphatic hydroxyl groups is 1. The number of aliphatic hydroxyl groups excluding tert-OH is 1. The number of carbonyl (C=O) groups is 1. The third kappa shape index (κ3) is 122. The first-order valence-corrected chi connectivity index (χ1v) is 45.1. The molecule has 0 heterocycles. The molecule has 0 aromatic heterocycles. The van der Waals surface area contributed by atoms with Crippen LogP contribution in [0.5, 0.6) is 0 Å². The van der Waals surface area contributed by atoms with E-state index in [1.807, 2.05) is 13.8 Å². The summed E-state index contributed by atoms with van der Waals surface area (Å²) in [6.45, 7) is 40.6. The highest BCUT2D eigenvalue weighted by atomic mass is 16.6. The summed E-state index contributed by atoms with van der Waals surface area (Å²) in [6, 6.07) is 0. The first-order valence-electron chi connectivity index (χ1n) is 45.1. The molecule has 0 aliphatic rings. The van der Waals surface area contributed by atoms with Gasteiger partial charge in [-0.15, -0.1) is 0 Å². The second kappa shape index (κ2) is 120. The monoisotopic (exact) mass is 1860 g/mol. The molecule has 0 bridgehead atoms. The smallest absolute Gasteiger partial charge is 0.330 e. The van der Waals surface area contributed by atoms with Crippen LogP contribution >= 0.6 is 0 Å². The summed E-state index contributed by atoms with van der Waals surface area (Å²) in [7, 11) is 0. The van der Waals surface area contributed by atoms with Gasteiger partial charge in [-0.3, -0.25) is 0 Å². The van der Waals surface area contributed by atoms with Crippen LogP contribution in [0.4, 0.5) is 0 Å². The molecule has 0 atom stereocenters. The maximum absolute atomic E-state index is 11.4. The average molecular weight is 1860 g/mol. The molecule has 0 fully saturated rings. The number of esters is 1. The number of hydrogen-bond donors (Lipinski definition) is 1. The molecular formula is C85H168O42. The number of ether oxygens (including phenoxy) is 40. The van der Waals surface area contributed by atoms with Crippen molar-refractivity contribution in [2.45, 2.75) is 13.8 Å². The van der Waals surface area contributed by atoms with E-state index in [2.05, 4.69) is 0 Å². The van der Waals surface area contributed by atoms with Crippen LogP contribution in [-0.2, 0) is 194 Å². The molecule has 0 aliphatic heterocycles. The maximum atomic E-state index is 11.4. The molecule has 42 heteroatoms. The molecule has 0 amide bonds. The van der Waals surface area contributed by atoms with Crippen molar-refractivity contribution in [2.75, 3.05) is 529 Å². The van der Waals surface area contributed by atoms with Crippen LogP contribution in [0.3, 0.4) is 0 Å². The second-order valence-electron chi connectivity index (χ2n) is 26.0. The Morgan fingerprint density at radius 3 is 0.276 bits per heavy atom. The lowest BCUT2D eigenvalue weighted by molar-refractivity contribution is -0.139. The van der Waals surface area contributed by atoms with Crippen molar-refractivity contribution in [3.8, 4) is 0 Å². The Hall–Kier alpha value is -2.39. The van der Waals surface area contributed by atoms with E-state index in [1.54, 1.807) is 0 Å². The standard InChI is InChI=1S/C85H168O42/c1-84(2)83-85(87)127-82-81-126-80-79-125-78-77-124-76-75-123-74-73-122-72-71-121-70-69-120-68-67-119-66-65-118-64-63-117-62-61-116-60-59-115-58-57-114-56-55-113-54-53-112-52-51-111-50-49-110-48-47-109-46-45-108-44-43-107-42-41-106-40-39-105-38-37-104-36-35-103-34-33-102-32-31-101-30-29-100-28-27-99-26-25-98-24-23-97-22-21-96-20-19-95-18-17-94-16-15-93-14-13-92-12-11-91-10-9-90-8-7-89-6-5-88-4-3-86/h83,86H,3-82H2,1-2H3. The molecule has 0 aromatic rings. The maximum Gasteiger partial charge on any atom is 0.330 e. The lowest BCUT2D eigenvalue weighted by atomic mass is 10.3. The summed E-state index contributed by atoms with van der Waals surface area (Å²) in [5, 5.41) is 8.63. The summed E-state index contributed by atoms with van der Waals surface area (Å²) < 4.78 is 220. The van der Waals surface area contributed by atoms with Crippen LogP contribution in [0.1, 0.15) is 13.8 Å². The van der Waals surface area contributed by atoms with Crippen LogP contribution in [0.15, 0.2) is 11.6 Å². The van der Waals surface area contributed by atoms with Crippen molar-refractivity contribution in [1.82, 2.24) is 0 Å². The van der Waals surface area contributed by atoms with Gasteiger partial charge in [0.15, 0.2) is 0 Å². The minimum atomic E-state index is -0.361. The number of allylic oxidation sites excluding steroid dienone is 1. The zero-order valence-electron chi connectivity index (χ0n) is 77.3. The van der Waals surface area contributed by atoms with Gasteiger partial charge in [-0.05, 0) is 13.8 Å². The van der Waals surface area contributed by atoms with Crippen LogP contribution in [0.2, 0.25) is 0 Å².